The van der Waals surface area contributed by atoms with E-state index in [-0.39, 0.29) is 16.5 Å². The fourth-order valence-corrected chi connectivity index (χ4v) is 4.21. The van der Waals surface area contributed by atoms with E-state index in [4.69, 9.17) is 4.74 Å². The van der Waals surface area contributed by atoms with Crippen LogP contribution in [0.2, 0.25) is 0 Å². The average Bonchev–Trinajstić information content (AvgIpc) is 2.68. The van der Waals surface area contributed by atoms with Crippen molar-refractivity contribution in [2.45, 2.75) is 51.5 Å². The van der Waals surface area contributed by atoms with E-state index < -0.39 is 28.5 Å². The number of amides is 1. The van der Waals surface area contributed by atoms with Crippen LogP contribution in [0.5, 0.6) is 0 Å². The van der Waals surface area contributed by atoms with Crippen molar-refractivity contribution in [2.75, 3.05) is 11.3 Å². The quantitative estimate of drug-likeness (QED) is 0.590. The second-order valence-electron chi connectivity index (χ2n) is 7.29. The summed E-state index contributed by atoms with van der Waals surface area (Å²) in [4.78, 5) is 24.2. The van der Waals surface area contributed by atoms with Crippen molar-refractivity contribution in [3.05, 3.63) is 59.2 Å². The molecule has 1 amide bonds. The highest BCUT2D eigenvalue weighted by Crippen LogP contribution is 2.21. The van der Waals surface area contributed by atoms with E-state index in [0.717, 1.165) is 18.4 Å². The van der Waals surface area contributed by atoms with Crippen LogP contribution in [0.25, 0.3) is 0 Å². The molecule has 0 radical (unpaired) electrons. The number of nitrogens with one attached hydrogen (secondary N) is 2. The van der Waals surface area contributed by atoms with E-state index in [1.165, 1.54) is 18.2 Å². The van der Waals surface area contributed by atoms with Crippen LogP contribution in [0.4, 0.5) is 5.69 Å². The summed E-state index contributed by atoms with van der Waals surface area (Å²) < 4.78 is 33.2. The van der Waals surface area contributed by atoms with Crippen LogP contribution in [0.3, 0.4) is 0 Å². The highest BCUT2D eigenvalue weighted by Gasteiger charge is 2.20. The van der Waals surface area contributed by atoms with Gasteiger partial charge in [-0.15, -0.1) is 0 Å². The van der Waals surface area contributed by atoms with Crippen LogP contribution in [0.1, 0.15) is 48.2 Å². The molecule has 2 aromatic rings. The summed E-state index contributed by atoms with van der Waals surface area (Å²) in [6.45, 7) is 7.01. The van der Waals surface area contributed by atoms with Gasteiger partial charge in [0.1, 0.15) is 0 Å². The third kappa shape index (κ3) is 6.59. The highest BCUT2D eigenvalue weighted by atomic mass is 32.2. The Morgan fingerprint density at radius 2 is 1.73 bits per heavy atom. The van der Waals surface area contributed by atoms with Gasteiger partial charge >= 0.3 is 5.97 Å². The van der Waals surface area contributed by atoms with Gasteiger partial charge in [-0.05, 0) is 57.0 Å². The summed E-state index contributed by atoms with van der Waals surface area (Å²) in [6.07, 6.45) is 1.76. The zero-order valence-corrected chi connectivity index (χ0v) is 18.5. The maximum absolute atomic E-state index is 12.8. The van der Waals surface area contributed by atoms with E-state index in [1.54, 1.807) is 31.2 Å². The van der Waals surface area contributed by atoms with Crippen molar-refractivity contribution in [3.63, 3.8) is 0 Å². The first-order chi connectivity index (χ1) is 14.1. The van der Waals surface area contributed by atoms with Crippen molar-refractivity contribution >= 4 is 27.6 Å². The molecule has 162 valence electrons. The Morgan fingerprint density at radius 3 is 2.37 bits per heavy atom. The van der Waals surface area contributed by atoms with Gasteiger partial charge in [0.25, 0.3) is 15.9 Å². The van der Waals surface area contributed by atoms with Gasteiger partial charge in [-0.2, -0.15) is 0 Å². The van der Waals surface area contributed by atoms with Crippen LogP contribution in [-0.4, -0.2) is 32.9 Å². The fraction of sp³-hybridized carbons (Fsp3) is 0.364. The van der Waals surface area contributed by atoms with Crippen LogP contribution in [0.15, 0.2) is 47.4 Å². The van der Waals surface area contributed by atoms with E-state index in [9.17, 15) is 18.0 Å². The molecule has 0 aliphatic heterocycles. The number of benzene rings is 2. The van der Waals surface area contributed by atoms with Gasteiger partial charge in [0.15, 0.2) is 6.61 Å². The van der Waals surface area contributed by atoms with Gasteiger partial charge < -0.3 is 10.1 Å². The number of carbonyl (C=O) groups is 2. The molecule has 8 heteroatoms. The van der Waals surface area contributed by atoms with Gasteiger partial charge in [-0.25, -0.2) is 13.2 Å². The van der Waals surface area contributed by atoms with Crippen molar-refractivity contribution in [1.82, 2.24) is 5.32 Å². The molecule has 1 atom stereocenters. The summed E-state index contributed by atoms with van der Waals surface area (Å²) in [5, 5.41) is 2.74. The lowest BCUT2D eigenvalue weighted by Gasteiger charge is -2.14. The number of esters is 1. The Bertz CT molecular complexity index is 1000. The number of hydrogen-bond donors (Lipinski definition) is 2. The summed E-state index contributed by atoms with van der Waals surface area (Å²) in [6, 6.07) is 11.2. The molecule has 0 saturated carbocycles. The predicted molar refractivity (Wildman–Crippen MR) is 116 cm³/mol. The van der Waals surface area contributed by atoms with E-state index in [2.05, 4.69) is 10.0 Å². The maximum atomic E-state index is 12.8. The molecule has 30 heavy (non-hydrogen) atoms. The Kier molecular flexibility index (Phi) is 8.00. The largest absolute Gasteiger partial charge is 0.452 e. The van der Waals surface area contributed by atoms with E-state index in [0.29, 0.717) is 11.3 Å². The average molecular weight is 433 g/mol. The van der Waals surface area contributed by atoms with Crippen LogP contribution >= 0.6 is 0 Å². The second-order valence-corrected chi connectivity index (χ2v) is 8.94. The molecule has 0 fully saturated rings. The Balaban J connectivity index is 2.10. The lowest BCUT2D eigenvalue weighted by Crippen LogP contribution is -2.35. The van der Waals surface area contributed by atoms with Gasteiger partial charge in [0.2, 0.25) is 0 Å². The Morgan fingerprint density at radius 1 is 1.07 bits per heavy atom. The number of ether oxygens (including phenoxy) is 1. The van der Waals surface area contributed by atoms with Crippen molar-refractivity contribution in [2.24, 2.45) is 0 Å². The molecule has 0 aliphatic rings. The lowest BCUT2D eigenvalue weighted by molar-refractivity contribution is -0.124. The molecule has 2 aromatic carbocycles. The normalized spacial score (nSPS) is 12.1. The molecule has 2 N–H and O–H groups in total. The predicted octanol–water partition coefficient (Wildman–Crippen LogP) is 3.57. The monoisotopic (exact) mass is 432 g/mol. The SMILES string of the molecule is CCCC(C)NC(=O)COC(=O)c1ccc(C)c(S(=O)(=O)Nc2ccc(C)cc2)c1. The molecule has 0 bridgehead atoms. The van der Waals surface area contributed by atoms with Gasteiger partial charge in [0.05, 0.1) is 10.5 Å². The van der Waals surface area contributed by atoms with Gasteiger partial charge in [0, 0.05) is 11.7 Å². The third-order valence-corrected chi connectivity index (χ3v) is 6.00. The van der Waals surface area contributed by atoms with Crippen molar-refractivity contribution in [1.29, 1.82) is 0 Å². The molecular weight excluding hydrogens is 404 g/mol. The first-order valence-electron chi connectivity index (χ1n) is 9.79. The minimum atomic E-state index is -3.90. The maximum Gasteiger partial charge on any atom is 0.338 e. The van der Waals surface area contributed by atoms with Gasteiger partial charge in [-0.3, -0.25) is 9.52 Å². The lowest BCUT2D eigenvalue weighted by atomic mass is 10.1. The number of carbonyl (C=O) groups excluding carboxylic acids is 2. The molecule has 0 spiro atoms. The first kappa shape index (κ1) is 23.4. The Labute approximate surface area is 177 Å². The second kappa shape index (κ2) is 10.2. The number of aryl methyl sites for hydroxylation is 2. The number of rotatable bonds is 9. The highest BCUT2D eigenvalue weighted by molar-refractivity contribution is 7.92. The first-order valence-corrected chi connectivity index (χ1v) is 11.3. The standard InChI is InChI=1S/C22H28N2O5S/c1-5-6-17(4)23-21(25)14-29-22(26)18-10-9-16(3)20(13-18)30(27,28)24-19-11-7-15(2)8-12-19/h7-13,17,24H,5-6,14H2,1-4H3,(H,23,25). The number of anilines is 1. The molecule has 1 unspecified atom stereocenters. The summed E-state index contributed by atoms with van der Waals surface area (Å²) in [5.41, 5.74) is 1.97. The molecule has 0 saturated heterocycles. The molecular formula is C22H28N2O5S. The minimum absolute atomic E-state index is 0.00910. The molecule has 0 aromatic heterocycles. The molecule has 0 aliphatic carbocycles. The molecule has 7 nitrogen and oxygen atoms in total. The summed E-state index contributed by atoms with van der Waals surface area (Å²) >= 11 is 0. The third-order valence-electron chi connectivity index (χ3n) is 4.48. The Hall–Kier alpha value is -2.87. The summed E-state index contributed by atoms with van der Waals surface area (Å²) in [5.74, 6) is -1.16. The molecule has 2 rings (SSSR count). The zero-order valence-electron chi connectivity index (χ0n) is 17.7. The van der Waals surface area contributed by atoms with Crippen molar-refractivity contribution in [3.8, 4) is 0 Å². The van der Waals surface area contributed by atoms with E-state index in [1.807, 2.05) is 20.8 Å². The smallest absolute Gasteiger partial charge is 0.338 e. The summed E-state index contributed by atoms with van der Waals surface area (Å²) in [7, 11) is -3.90. The minimum Gasteiger partial charge on any atom is -0.452 e. The topological polar surface area (TPSA) is 102 Å². The van der Waals surface area contributed by atoms with Crippen LogP contribution < -0.4 is 10.0 Å². The fourth-order valence-electron chi connectivity index (χ4n) is 2.88. The van der Waals surface area contributed by atoms with Crippen LogP contribution in [-0.2, 0) is 19.6 Å². The van der Waals surface area contributed by atoms with E-state index >= 15 is 0 Å². The van der Waals surface area contributed by atoms with Crippen molar-refractivity contribution < 1.29 is 22.7 Å². The van der Waals surface area contributed by atoms with Crippen LogP contribution in [0, 0.1) is 13.8 Å². The molecule has 0 heterocycles. The zero-order chi connectivity index (χ0) is 22.3. The number of sulfonamides is 1. The number of hydrogen-bond acceptors (Lipinski definition) is 5. The van der Waals surface area contributed by atoms with Gasteiger partial charge in [-0.1, -0.05) is 37.1 Å².